The Bertz CT molecular complexity index is 1420. The first-order valence-corrected chi connectivity index (χ1v) is 18.7. The molecule has 1 heterocycles. The highest BCUT2D eigenvalue weighted by Gasteiger charge is 2.50. The molecule has 9 nitrogen and oxygen atoms in total. The Kier molecular flexibility index (Phi) is 16.7. The second-order valence-corrected chi connectivity index (χ2v) is 15.7. The monoisotopic (exact) mass is 703 g/mol. The zero-order chi connectivity index (χ0) is 37.6. The topological polar surface area (TPSA) is 125 Å². The first-order valence-electron chi connectivity index (χ1n) is 18.7. The molecule has 2 aromatic rings. The molecule has 2 amide bonds. The molecule has 2 aromatic carbocycles. The number of hydrogen-bond acceptors (Lipinski definition) is 7. The number of nitrogens with one attached hydrogen (secondary N) is 2. The van der Waals surface area contributed by atoms with E-state index < -0.39 is 29.5 Å². The zero-order valence-corrected chi connectivity index (χ0v) is 31.9. The summed E-state index contributed by atoms with van der Waals surface area (Å²) in [6, 6.07) is 17.8. The normalized spacial score (nSPS) is 17.8. The van der Waals surface area contributed by atoms with Gasteiger partial charge in [-0.3, -0.25) is 24.0 Å². The molecule has 0 aliphatic carbocycles. The number of hydrogen-bond donors (Lipinski definition) is 2. The molecule has 51 heavy (non-hydrogen) atoms. The third kappa shape index (κ3) is 14.8. The predicted molar refractivity (Wildman–Crippen MR) is 201 cm³/mol. The number of rotatable bonds is 24. The quantitative estimate of drug-likeness (QED) is 0.133. The fourth-order valence-electron chi connectivity index (χ4n) is 6.47. The van der Waals surface area contributed by atoms with Gasteiger partial charge in [0.15, 0.2) is 11.6 Å². The summed E-state index contributed by atoms with van der Waals surface area (Å²) in [6.07, 6.45) is 3.39. The van der Waals surface area contributed by atoms with E-state index in [2.05, 4.69) is 10.6 Å². The van der Waals surface area contributed by atoms with Crippen molar-refractivity contribution in [2.24, 2.45) is 23.7 Å². The minimum Gasteiger partial charge on any atom is -0.361 e. The lowest BCUT2D eigenvalue weighted by Gasteiger charge is -2.27. The number of carbonyl (C=O) groups excluding carboxylic acids is 5. The van der Waals surface area contributed by atoms with Gasteiger partial charge in [0.2, 0.25) is 11.8 Å². The minimum absolute atomic E-state index is 0.0346. The van der Waals surface area contributed by atoms with Crippen molar-refractivity contribution in [3.63, 3.8) is 0 Å². The lowest BCUT2D eigenvalue weighted by Crippen LogP contribution is -2.50. The lowest BCUT2D eigenvalue weighted by atomic mass is 9.87. The Balaban J connectivity index is 1.81. The molecular formula is C42H61N3O6. The van der Waals surface area contributed by atoms with Gasteiger partial charge in [-0.05, 0) is 89.1 Å². The van der Waals surface area contributed by atoms with E-state index in [1.807, 2.05) is 107 Å². The largest absolute Gasteiger partial charge is 0.361 e. The molecule has 1 saturated heterocycles. The van der Waals surface area contributed by atoms with Crippen LogP contribution in [0.4, 0.5) is 0 Å². The molecule has 0 bridgehead atoms. The lowest BCUT2D eigenvalue weighted by molar-refractivity contribution is -0.135. The molecular weight excluding hydrogens is 642 g/mol. The molecule has 3 rings (SSSR count). The molecule has 2 N–H and O–H groups in total. The zero-order valence-electron chi connectivity index (χ0n) is 31.9. The Morgan fingerprint density at radius 1 is 0.765 bits per heavy atom. The predicted octanol–water partition coefficient (Wildman–Crippen LogP) is 5.77. The molecule has 1 fully saturated rings. The molecule has 5 atom stereocenters. The number of Topliss-reactive ketones (excluding diaryl/α,β-unsaturated/α-hetero) is 3. The van der Waals surface area contributed by atoms with Gasteiger partial charge in [-0.15, -0.1) is 0 Å². The molecule has 1 aliphatic heterocycles. The Morgan fingerprint density at radius 3 is 1.84 bits per heavy atom. The van der Waals surface area contributed by atoms with E-state index in [1.165, 1.54) is 0 Å². The molecule has 0 unspecified atom stereocenters. The van der Waals surface area contributed by atoms with E-state index in [9.17, 15) is 24.0 Å². The summed E-state index contributed by atoms with van der Waals surface area (Å²) in [4.78, 5) is 70.6. The van der Waals surface area contributed by atoms with Crippen LogP contribution in [0.5, 0.6) is 0 Å². The van der Waals surface area contributed by atoms with E-state index in [0.717, 1.165) is 17.7 Å². The van der Waals surface area contributed by atoms with Crippen molar-refractivity contribution in [1.29, 1.82) is 0 Å². The first kappa shape index (κ1) is 41.7. The standard InChI is InChI=1S/C42H61N3O6/c1-29(2)23-36(43-40(49)33(21-20-31-15-10-8-11-16-31)26-35(46)19-14-22-45(6)7)38(47)27-34(25-32-17-12-9-13-18-32)41(50)44-37(24-30(3)4)39(48)42(5)28-51-42/h8-13,15-18,29-30,33-34,36-37H,14,19-28H2,1-7H3,(H,43,49)(H,44,50)/t33-,34-,36+,37+,42-/m1/s1. The number of ketones is 3. The number of amides is 2. The fraction of sp³-hybridized carbons (Fsp3) is 0.595. The number of nitrogens with zero attached hydrogens (tertiary/aromatic N) is 1. The summed E-state index contributed by atoms with van der Waals surface area (Å²) in [5.74, 6) is -2.14. The molecule has 0 saturated carbocycles. The van der Waals surface area contributed by atoms with Crippen LogP contribution < -0.4 is 10.6 Å². The Hall–Kier alpha value is -3.69. The number of aryl methyl sites for hydroxylation is 1. The Labute approximate surface area is 305 Å². The van der Waals surface area contributed by atoms with Crippen LogP contribution >= 0.6 is 0 Å². The van der Waals surface area contributed by atoms with Crippen LogP contribution in [0.3, 0.4) is 0 Å². The van der Waals surface area contributed by atoms with Crippen LogP contribution in [0.25, 0.3) is 0 Å². The van der Waals surface area contributed by atoms with Crippen LogP contribution in [0, 0.1) is 23.7 Å². The van der Waals surface area contributed by atoms with Crippen molar-refractivity contribution in [2.75, 3.05) is 27.2 Å². The molecule has 1 aliphatic rings. The highest BCUT2D eigenvalue weighted by atomic mass is 16.6. The third-order valence-electron chi connectivity index (χ3n) is 9.52. The molecule has 0 radical (unpaired) electrons. The van der Waals surface area contributed by atoms with Crippen LogP contribution in [0.2, 0.25) is 0 Å². The van der Waals surface area contributed by atoms with Gasteiger partial charge in [0.05, 0.1) is 18.7 Å². The number of epoxide rings is 1. The Morgan fingerprint density at radius 2 is 1.29 bits per heavy atom. The summed E-state index contributed by atoms with van der Waals surface area (Å²) >= 11 is 0. The number of ether oxygens (including phenoxy) is 1. The van der Waals surface area contributed by atoms with Gasteiger partial charge in [0, 0.05) is 31.1 Å². The second kappa shape index (κ2) is 20.4. The van der Waals surface area contributed by atoms with Crippen LogP contribution in [-0.4, -0.2) is 79.0 Å². The first-order chi connectivity index (χ1) is 24.2. The summed E-state index contributed by atoms with van der Waals surface area (Å²) < 4.78 is 5.42. The average Bonchev–Trinajstić information content (AvgIpc) is 3.83. The van der Waals surface area contributed by atoms with E-state index in [1.54, 1.807) is 6.92 Å². The van der Waals surface area contributed by atoms with Crippen molar-refractivity contribution in [1.82, 2.24) is 15.5 Å². The van der Waals surface area contributed by atoms with Crippen molar-refractivity contribution >= 4 is 29.2 Å². The van der Waals surface area contributed by atoms with Crippen molar-refractivity contribution in [2.45, 2.75) is 110 Å². The molecule has 9 heteroatoms. The van der Waals surface area contributed by atoms with Gasteiger partial charge in [0.25, 0.3) is 0 Å². The molecule has 0 spiro atoms. The summed E-state index contributed by atoms with van der Waals surface area (Å²) in [5.41, 5.74) is 1.08. The van der Waals surface area contributed by atoms with E-state index in [-0.39, 0.29) is 53.8 Å². The highest BCUT2D eigenvalue weighted by Crippen LogP contribution is 2.30. The van der Waals surface area contributed by atoms with Gasteiger partial charge < -0.3 is 20.3 Å². The maximum absolute atomic E-state index is 14.2. The van der Waals surface area contributed by atoms with Crippen molar-refractivity contribution in [3.05, 3.63) is 71.8 Å². The SMILES string of the molecule is CC(C)C[C@H](NC(=O)[C@H](CCc1ccccc1)CC(=O)CCCN(C)C)C(=O)C[C@@H](Cc1ccccc1)C(=O)N[C@@H](CC(C)C)C(=O)[C@@]1(C)CO1. The number of carbonyl (C=O) groups is 5. The molecule has 0 aromatic heterocycles. The van der Waals surface area contributed by atoms with E-state index in [0.29, 0.717) is 51.6 Å². The summed E-state index contributed by atoms with van der Waals surface area (Å²) in [5, 5.41) is 6.02. The van der Waals surface area contributed by atoms with Crippen LogP contribution in [0.1, 0.15) is 90.7 Å². The third-order valence-corrected chi connectivity index (χ3v) is 9.52. The second-order valence-electron chi connectivity index (χ2n) is 15.7. The van der Waals surface area contributed by atoms with Crippen LogP contribution in [0.15, 0.2) is 60.7 Å². The summed E-state index contributed by atoms with van der Waals surface area (Å²) in [7, 11) is 3.93. The van der Waals surface area contributed by atoms with Gasteiger partial charge >= 0.3 is 0 Å². The van der Waals surface area contributed by atoms with Crippen molar-refractivity contribution < 1.29 is 28.7 Å². The summed E-state index contributed by atoms with van der Waals surface area (Å²) in [6.45, 7) is 10.8. The maximum atomic E-state index is 14.2. The van der Waals surface area contributed by atoms with Gasteiger partial charge in [-0.2, -0.15) is 0 Å². The fourth-order valence-corrected chi connectivity index (χ4v) is 6.47. The average molecular weight is 704 g/mol. The number of benzene rings is 2. The van der Waals surface area contributed by atoms with Gasteiger partial charge in [-0.1, -0.05) is 88.4 Å². The van der Waals surface area contributed by atoms with E-state index in [4.69, 9.17) is 4.74 Å². The van der Waals surface area contributed by atoms with Gasteiger partial charge in [0.1, 0.15) is 11.4 Å². The van der Waals surface area contributed by atoms with E-state index >= 15 is 0 Å². The minimum atomic E-state index is -0.894. The highest BCUT2D eigenvalue weighted by molar-refractivity contribution is 5.98. The van der Waals surface area contributed by atoms with Crippen molar-refractivity contribution in [3.8, 4) is 0 Å². The van der Waals surface area contributed by atoms with Gasteiger partial charge in [-0.25, -0.2) is 0 Å². The maximum Gasteiger partial charge on any atom is 0.224 e. The molecule has 280 valence electrons. The smallest absolute Gasteiger partial charge is 0.224 e. The van der Waals surface area contributed by atoms with Crippen LogP contribution in [-0.2, 0) is 41.6 Å².